The minimum absolute atomic E-state index is 0.111. The second-order valence-electron chi connectivity index (χ2n) is 4.54. The molecule has 2 aromatic rings. The molecule has 1 amide bonds. The number of ether oxygens (including phenoxy) is 1. The van der Waals surface area contributed by atoms with Crippen LogP contribution in [-0.2, 0) is 0 Å². The number of carbonyl (C=O) groups excluding carboxylic acids is 1. The average molecular weight is 395 g/mol. The van der Waals surface area contributed by atoms with E-state index in [2.05, 4.69) is 26.6 Å². The Hall–Kier alpha value is -2.12. The molecule has 0 heterocycles. The van der Waals surface area contributed by atoms with E-state index in [4.69, 9.17) is 17.0 Å². The zero-order valence-electron chi connectivity index (χ0n) is 12.3. The lowest BCUT2D eigenvalue weighted by atomic mass is 10.2. The third-order valence-corrected chi connectivity index (χ3v) is 3.65. The minimum Gasteiger partial charge on any atom is -0.508 e. The van der Waals surface area contributed by atoms with E-state index in [9.17, 15) is 9.90 Å². The first-order valence-electron chi connectivity index (χ1n) is 6.83. The third-order valence-electron chi connectivity index (χ3n) is 2.82. The van der Waals surface area contributed by atoms with Crippen molar-refractivity contribution in [3.63, 3.8) is 0 Å². The van der Waals surface area contributed by atoms with Crippen LogP contribution in [0.15, 0.2) is 46.9 Å². The van der Waals surface area contributed by atoms with E-state index < -0.39 is 0 Å². The fourth-order valence-electron chi connectivity index (χ4n) is 1.84. The molecule has 0 aliphatic heterocycles. The maximum absolute atomic E-state index is 12.2. The molecule has 120 valence electrons. The van der Waals surface area contributed by atoms with Crippen LogP contribution in [0.2, 0.25) is 0 Å². The SMILES string of the molecule is CCOc1ccc(C(=O)NC(=S)Nc2cccc(O)c2)cc1Br. The second-order valence-corrected chi connectivity index (χ2v) is 5.80. The van der Waals surface area contributed by atoms with Crippen molar-refractivity contribution in [2.75, 3.05) is 11.9 Å². The Labute approximate surface area is 147 Å². The Balaban J connectivity index is 2.01. The number of nitrogens with one attached hydrogen (secondary N) is 2. The van der Waals surface area contributed by atoms with Crippen molar-refractivity contribution in [1.82, 2.24) is 5.32 Å². The third kappa shape index (κ3) is 4.94. The van der Waals surface area contributed by atoms with Gasteiger partial charge in [0, 0.05) is 17.3 Å². The number of hydrogen-bond acceptors (Lipinski definition) is 4. The van der Waals surface area contributed by atoms with Crippen molar-refractivity contribution >= 4 is 44.9 Å². The van der Waals surface area contributed by atoms with Gasteiger partial charge in [0.2, 0.25) is 0 Å². The van der Waals surface area contributed by atoms with Crippen molar-refractivity contribution in [2.24, 2.45) is 0 Å². The molecule has 3 N–H and O–H groups in total. The van der Waals surface area contributed by atoms with Crippen LogP contribution in [0, 0.1) is 0 Å². The molecular weight excluding hydrogens is 380 g/mol. The van der Waals surface area contributed by atoms with Gasteiger partial charge in [-0.05, 0) is 65.4 Å². The number of rotatable bonds is 4. The molecular formula is C16H15BrN2O3S. The lowest BCUT2D eigenvalue weighted by Gasteiger charge is -2.11. The molecule has 0 radical (unpaired) electrons. The zero-order valence-corrected chi connectivity index (χ0v) is 14.7. The van der Waals surface area contributed by atoms with E-state index in [0.717, 1.165) is 0 Å². The van der Waals surface area contributed by atoms with E-state index >= 15 is 0 Å². The van der Waals surface area contributed by atoms with Crippen molar-refractivity contribution in [3.05, 3.63) is 52.5 Å². The quantitative estimate of drug-likeness (QED) is 0.689. The monoisotopic (exact) mass is 394 g/mol. The molecule has 2 rings (SSSR count). The number of aromatic hydroxyl groups is 1. The molecule has 0 bridgehead atoms. The van der Waals surface area contributed by atoms with Crippen molar-refractivity contribution in [2.45, 2.75) is 6.92 Å². The molecule has 0 aliphatic carbocycles. The summed E-state index contributed by atoms with van der Waals surface area (Å²) in [5.41, 5.74) is 1.03. The van der Waals surface area contributed by atoms with E-state index in [1.54, 1.807) is 36.4 Å². The summed E-state index contributed by atoms with van der Waals surface area (Å²) in [4.78, 5) is 12.2. The van der Waals surface area contributed by atoms with Crippen LogP contribution < -0.4 is 15.4 Å². The molecule has 0 fully saturated rings. The van der Waals surface area contributed by atoms with E-state index in [0.29, 0.717) is 28.1 Å². The number of hydrogen-bond donors (Lipinski definition) is 3. The Bertz CT molecular complexity index is 737. The predicted molar refractivity (Wildman–Crippen MR) is 97.1 cm³/mol. The molecule has 0 aromatic heterocycles. The zero-order chi connectivity index (χ0) is 16.8. The fourth-order valence-corrected chi connectivity index (χ4v) is 2.54. The molecule has 7 heteroatoms. The largest absolute Gasteiger partial charge is 0.508 e. The van der Waals surface area contributed by atoms with Gasteiger partial charge in [0.15, 0.2) is 5.11 Å². The molecule has 2 aromatic carbocycles. The molecule has 0 unspecified atom stereocenters. The maximum atomic E-state index is 12.2. The topological polar surface area (TPSA) is 70.6 Å². The Morgan fingerprint density at radius 3 is 2.74 bits per heavy atom. The second kappa shape index (κ2) is 7.94. The molecule has 0 saturated heterocycles. The molecule has 0 spiro atoms. The number of halogens is 1. The highest BCUT2D eigenvalue weighted by molar-refractivity contribution is 9.10. The van der Waals surface area contributed by atoms with Crippen molar-refractivity contribution < 1.29 is 14.6 Å². The molecule has 23 heavy (non-hydrogen) atoms. The van der Waals surface area contributed by atoms with Gasteiger partial charge >= 0.3 is 0 Å². The highest BCUT2D eigenvalue weighted by Crippen LogP contribution is 2.26. The van der Waals surface area contributed by atoms with Gasteiger partial charge in [0.1, 0.15) is 11.5 Å². The summed E-state index contributed by atoms with van der Waals surface area (Å²) in [6, 6.07) is 11.5. The summed E-state index contributed by atoms with van der Waals surface area (Å²) in [5.74, 6) is 0.440. The summed E-state index contributed by atoms with van der Waals surface area (Å²) in [6.07, 6.45) is 0. The predicted octanol–water partition coefficient (Wildman–Crippen LogP) is 3.68. The van der Waals surface area contributed by atoms with Gasteiger partial charge in [0.05, 0.1) is 11.1 Å². The average Bonchev–Trinajstić information content (AvgIpc) is 2.49. The van der Waals surface area contributed by atoms with Crippen LogP contribution >= 0.6 is 28.1 Å². The maximum Gasteiger partial charge on any atom is 0.257 e. The van der Waals surface area contributed by atoms with Gasteiger partial charge < -0.3 is 15.2 Å². The number of carbonyl (C=O) groups is 1. The van der Waals surface area contributed by atoms with E-state index in [1.165, 1.54) is 6.07 Å². The summed E-state index contributed by atoms with van der Waals surface area (Å²) < 4.78 is 6.10. The summed E-state index contributed by atoms with van der Waals surface area (Å²) in [7, 11) is 0. The number of phenolic OH excluding ortho intramolecular Hbond substituents is 1. The Morgan fingerprint density at radius 2 is 2.09 bits per heavy atom. The van der Waals surface area contributed by atoms with Crippen LogP contribution in [0.25, 0.3) is 0 Å². The minimum atomic E-state index is -0.341. The molecule has 0 aliphatic rings. The smallest absolute Gasteiger partial charge is 0.257 e. The first-order valence-corrected chi connectivity index (χ1v) is 8.03. The molecule has 0 saturated carbocycles. The van der Waals surface area contributed by atoms with Gasteiger partial charge in [-0.2, -0.15) is 0 Å². The Morgan fingerprint density at radius 1 is 1.30 bits per heavy atom. The van der Waals surface area contributed by atoms with Gasteiger partial charge in [-0.15, -0.1) is 0 Å². The van der Waals surface area contributed by atoms with Crippen LogP contribution in [0.1, 0.15) is 17.3 Å². The van der Waals surface area contributed by atoms with Crippen molar-refractivity contribution in [1.29, 1.82) is 0 Å². The van der Waals surface area contributed by atoms with Gasteiger partial charge in [-0.25, -0.2) is 0 Å². The van der Waals surface area contributed by atoms with Crippen molar-refractivity contribution in [3.8, 4) is 11.5 Å². The highest BCUT2D eigenvalue weighted by atomic mass is 79.9. The first-order chi connectivity index (χ1) is 11.0. The van der Waals surface area contributed by atoms with E-state index in [1.807, 2.05) is 6.92 Å². The fraction of sp³-hybridized carbons (Fsp3) is 0.125. The number of amides is 1. The lowest BCUT2D eigenvalue weighted by molar-refractivity contribution is 0.0977. The highest BCUT2D eigenvalue weighted by Gasteiger charge is 2.11. The Kier molecular flexibility index (Phi) is 5.95. The van der Waals surface area contributed by atoms with Crippen LogP contribution in [-0.4, -0.2) is 22.7 Å². The first kappa shape index (κ1) is 17.2. The number of benzene rings is 2. The summed E-state index contributed by atoms with van der Waals surface area (Å²) in [5, 5.41) is 15.0. The van der Waals surface area contributed by atoms with Crippen LogP contribution in [0.4, 0.5) is 5.69 Å². The molecule has 5 nitrogen and oxygen atoms in total. The van der Waals surface area contributed by atoms with Gasteiger partial charge in [0.25, 0.3) is 5.91 Å². The summed E-state index contributed by atoms with van der Waals surface area (Å²) >= 11 is 8.46. The number of anilines is 1. The standard InChI is InChI=1S/C16H15BrN2O3S/c1-2-22-14-7-6-10(8-13(14)17)15(21)19-16(23)18-11-4-3-5-12(20)9-11/h3-9,20H,2H2,1H3,(H2,18,19,21,23). The lowest BCUT2D eigenvalue weighted by Crippen LogP contribution is -2.34. The van der Waals surface area contributed by atoms with Gasteiger partial charge in [-0.3, -0.25) is 10.1 Å². The summed E-state index contributed by atoms with van der Waals surface area (Å²) in [6.45, 7) is 2.43. The van der Waals surface area contributed by atoms with Gasteiger partial charge in [-0.1, -0.05) is 6.07 Å². The number of thiocarbonyl (C=S) groups is 1. The van der Waals surface area contributed by atoms with E-state index in [-0.39, 0.29) is 16.8 Å². The number of phenols is 1. The van der Waals surface area contributed by atoms with Crippen LogP contribution in [0.5, 0.6) is 11.5 Å². The normalized spacial score (nSPS) is 10.0. The van der Waals surface area contributed by atoms with Crippen LogP contribution in [0.3, 0.4) is 0 Å². The molecule has 0 atom stereocenters.